The fourth-order valence-electron chi connectivity index (χ4n) is 2.65. The van der Waals surface area contributed by atoms with Gasteiger partial charge in [-0.05, 0) is 54.9 Å². The van der Waals surface area contributed by atoms with Crippen molar-refractivity contribution in [2.75, 3.05) is 5.75 Å². The zero-order valence-electron chi connectivity index (χ0n) is 10.9. The Kier molecular flexibility index (Phi) is 2.84. The van der Waals surface area contributed by atoms with Gasteiger partial charge < -0.3 is 0 Å². The predicted molar refractivity (Wildman–Crippen MR) is 81.1 cm³/mol. The molecule has 1 aromatic rings. The van der Waals surface area contributed by atoms with Crippen LogP contribution in [-0.4, -0.2) is 22.7 Å². The average Bonchev–Trinajstić information content (AvgIpc) is 3.14. The lowest BCUT2D eigenvalue weighted by Gasteiger charge is -2.15. The molecule has 0 bridgehead atoms. The van der Waals surface area contributed by atoms with Crippen molar-refractivity contribution < 1.29 is 0 Å². The molecule has 1 N–H and O–H groups in total. The maximum Gasteiger partial charge on any atom is 0.177 e. The number of aryl methyl sites for hydroxylation is 2. The molecule has 0 spiro atoms. The van der Waals surface area contributed by atoms with E-state index in [1.165, 1.54) is 48.8 Å². The van der Waals surface area contributed by atoms with E-state index in [4.69, 9.17) is 0 Å². The third-order valence-corrected chi connectivity index (χ3v) is 4.80. The van der Waals surface area contributed by atoms with Crippen molar-refractivity contribution in [1.82, 2.24) is 5.43 Å². The van der Waals surface area contributed by atoms with Crippen LogP contribution in [0.15, 0.2) is 28.3 Å². The summed E-state index contributed by atoms with van der Waals surface area (Å²) >= 11 is 1.78. The molecule has 0 atom stereocenters. The molecule has 3 aliphatic rings. The summed E-state index contributed by atoms with van der Waals surface area (Å²) in [7, 11) is 0. The van der Waals surface area contributed by atoms with Gasteiger partial charge in [0.05, 0.1) is 11.8 Å². The Hall–Kier alpha value is -1.29. The second-order valence-corrected chi connectivity index (χ2v) is 6.43. The number of nitrogens with one attached hydrogen (secondary N) is 1. The molecular formula is C15H17N3S. The summed E-state index contributed by atoms with van der Waals surface area (Å²) < 4.78 is 0. The highest BCUT2D eigenvalue weighted by Crippen LogP contribution is 2.27. The first-order valence-electron chi connectivity index (χ1n) is 7.04. The number of amidine groups is 1. The van der Waals surface area contributed by atoms with Crippen molar-refractivity contribution in [2.45, 2.75) is 38.1 Å². The highest BCUT2D eigenvalue weighted by Gasteiger charge is 2.23. The van der Waals surface area contributed by atoms with E-state index in [1.54, 1.807) is 11.8 Å². The molecule has 4 heteroatoms. The second-order valence-electron chi connectivity index (χ2n) is 5.46. The van der Waals surface area contributed by atoms with Gasteiger partial charge in [0.1, 0.15) is 0 Å². The first-order chi connectivity index (χ1) is 9.38. The number of benzene rings is 1. The largest absolute Gasteiger partial charge is 0.258 e. The van der Waals surface area contributed by atoms with Crippen molar-refractivity contribution in [2.24, 2.45) is 10.1 Å². The Bertz CT molecular complexity index is 573. The maximum absolute atomic E-state index is 4.59. The Labute approximate surface area is 117 Å². The molecule has 4 rings (SSSR count). The normalized spacial score (nSPS) is 24.0. The first-order valence-corrected chi connectivity index (χ1v) is 8.02. The number of nitrogens with zero attached hydrogens (tertiary/aromatic N) is 2. The van der Waals surface area contributed by atoms with Gasteiger partial charge in [-0.1, -0.05) is 23.9 Å². The molecule has 0 aromatic heterocycles. The minimum absolute atomic E-state index is 0.562. The lowest BCUT2D eigenvalue weighted by atomic mass is 10.0. The van der Waals surface area contributed by atoms with E-state index in [0.29, 0.717) is 6.04 Å². The fourth-order valence-corrected chi connectivity index (χ4v) is 3.49. The van der Waals surface area contributed by atoms with E-state index in [9.17, 15) is 0 Å². The molecule has 2 aliphatic carbocycles. The standard InChI is InChI=1S/C15H17N3S/c1-2-10-4-5-12(8-11(10)3-1)14-9-19-15(18-17-14)16-13-6-7-13/h4-5,8,13H,1-3,6-7,9H2,(H,16,18). The molecule has 1 heterocycles. The van der Waals surface area contributed by atoms with Gasteiger partial charge >= 0.3 is 0 Å². The molecule has 1 aromatic carbocycles. The Balaban J connectivity index is 1.55. The van der Waals surface area contributed by atoms with Gasteiger partial charge in [-0.25, -0.2) is 0 Å². The smallest absolute Gasteiger partial charge is 0.177 e. The van der Waals surface area contributed by atoms with Crippen LogP contribution in [0.5, 0.6) is 0 Å². The van der Waals surface area contributed by atoms with Crippen LogP contribution in [0.4, 0.5) is 0 Å². The van der Waals surface area contributed by atoms with Crippen molar-refractivity contribution in [3.05, 3.63) is 34.9 Å². The third-order valence-electron chi connectivity index (χ3n) is 3.91. The average molecular weight is 271 g/mol. The van der Waals surface area contributed by atoms with E-state index in [2.05, 4.69) is 33.7 Å². The molecule has 98 valence electrons. The summed E-state index contributed by atoms with van der Waals surface area (Å²) in [6, 6.07) is 7.38. The predicted octanol–water partition coefficient (Wildman–Crippen LogP) is 2.73. The Morgan fingerprint density at radius 3 is 2.89 bits per heavy atom. The topological polar surface area (TPSA) is 36.8 Å². The summed E-state index contributed by atoms with van der Waals surface area (Å²) in [4.78, 5) is 4.59. The van der Waals surface area contributed by atoms with Crippen LogP contribution >= 0.6 is 11.8 Å². The number of aliphatic imine (C=N–C) groups is 1. The summed E-state index contributed by atoms with van der Waals surface area (Å²) in [5.41, 5.74) is 8.57. The number of hydrogen-bond donors (Lipinski definition) is 1. The van der Waals surface area contributed by atoms with Crippen molar-refractivity contribution in [3.63, 3.8) is 0 Å². The fraction of sp³-hybridized carbons (Fsp3) is 0.467. The lowest BCUT2D eigenvalue weighted by molar-refractivity contribution is 0.911. The molecule has 1 fully saturated rings. The summed E-state index contributed by atoms with van der Waals surface area (Å²) in [6.45, 7) is 0. The zero-order valence-corrected chi connectivity index (χ0v) is 11.7. The second kappa shape index (κ2) is 4.67. The molecular weight excluding hydrogens is 254 g/mol. The quantitative estimate of drug-likeness (QED) is 0.898. The highest BCUT2D eigenvalue weighted by molar-refractivity contribution is 8.14. The van der Waals surface area contributed by atoms with E-state index < -0.39 is 0 Å². The zero-order chi connectivity index (χ0) is 12.7. The minimum atomic E-state index is 0.562. The highest BCUT2D eigenvalue weighted by atomic mass is 32.2. The molecule has 0 radical (unpaired) electrons. The molecule has 1 aliphatic heterocycles. The molecule has 0 amide bonds. The summed E-state index contributed by atoms with van der Waals surface area (Å²) in [5, 5.41) is 5.50. The third kappa shape index (κ3) is 2.41. The van der Waals surface area contributed by atoms with Crippen molar-refractivity contribution in [1.29, 1.82) is 0 Å². The number of fused-ring (bicyclic) bond motifs is 1. The van der Waals surface area contributed by atoms with E-state index in [0.717, 1.165) is 16.6 Å². The molecule has 1 saturated carbocycles. The number of hydrazone groups is 1. The van der Waals surface area contributed by atoms with Crippen LogP contribution in [-0.2, 0) is 12.8 Å². The number of hydrogen-bond acceptors (Lipinski definition) is 3. The van der Waals surface area contributed by atoms with E-state index >= 15 is 0 Å². The minimum Gasteiger partial charge on any atom is -0.258 e. The van der Waals surface area contributed by atoms with Gasteiger partial charge in [-0.3, -0.25) is 10.4 Å². The van der Waals surface area contributed by atoms with Crippen LogP contribution in [0.1, 0.15) is 36.0 Å². The van der Waals surface area contributed by atoms with Gasteiger partial charge in [0, 0.05) is 5.75 Å². The van der Waals surface area contributed by atoms with Crippen LogP contribution in [0.2, 0.25) is 0 Å². The van der Waals surface area contributed by atoms with E-state index in [-0.39, 0.29) is 0 Å². The monoisotopic (exact) mass is 271 g/mol. The van der Waals surface area contributed by atoms with Crippen LogP contribution < -0.4 is 5.43 Å². The van der Waals surface area contributed by atoms with Gasteiger partial charge in [-0.2, -0.15) is 5.10 Å². The Morgan fingerprint density at radius 2 is 2.11 bits per heavy atom. The van der Waals surface area contributed by atoms with Gasteiger partial charge in [0.25, 0.3) is 0 Å². The van der Waals surface area contributed by atoms with Crippen molar-refractivity contribution >= 4 is 22.6 Å². The van der Waals surface area contributed by atoms with Gasteiger partial charge in [0.15, 0.2) is 5.17 Å². The maximum atomic E-state index is 4.59. The van der Waals surface area contributed by atoms with Gasteiger partial charge in [-0.15, -0.1) is 0 Å². The van der Waals surface area contributed by atoms with Crippen LogP contribution in [0, 0.1) is 0 Å². The molecule has 19 heavy (non-hydrogen) atoms. The van der Waals surface area contributed by atoms with Crippen molar-refractivity contribution in [3.8, 4) is 0 Å². The number of rotatable bonds is 2. The SMILES string of the molecule is c1cc2c(cc1C1=NNC(=NC3CC3)SC1)CCC2. The summed E-state index contributed by atoms with van der Waals surface area (Å²) in [5.74, 6) is 0.928. The number of thioether (sulfide) groups is 1. The van der Waals surface area contributed by atoms with Crippen LogP contribution in [0.25, 0.3) is 0 Å². The Morgan fingerprint density at radius 1 is 1.21 bits per heavy atom. The lowest BCUT2D eigenvalue weighted by Crippen LogP contribution is -2.25. The summed E-state index contributed by atoms with van der Waals surface area (Å²) in [6.07, 6.45) is 6.26. The molecule has 0 saturated heterocycles. The first kappa shape index (κ1) is 11.5. The van der Waals surface area contributed by atoms with Crippen LogP contribution in [0.3, 0.4) is 0 Å². The van der Waals surface area contributed by atoms with Gasteiger partial charge in [0.2, 0.25) is 0 Å². The molecule has 3 nitrogen and oxygen atoms in total. The molecule has 0 unspecified atom stereocenters. The van der Waals surface area contributed by atoms with E-state index in [1.807, 2.05) is 0 Å².